The van der Waals surface area contributed by atoms with E-state index in [-0.39, 0.29) is 36.3 Å². The van der Waals surface area contributed by atoms with Gasteiger partial charge in [0, 0.05) is 42.2 Å². The van der Waals surface area contributed by atoms with Crippen LogP contribution >= 0.6 is 0 Å². The van der Waals surface area contributed by atoms with Crippen molar-refractivity contribution in [1.82, 2.24) is 20.0 Å². The lowest BCUT2D eigenvalue weighted by molar-refractivity contribution is -0.134. The molecular formula is C31H35N5O6. The number of benzene rings is 2. The standard InChI is InChI=1S/C31H35N5O6/c1-30(2,3)42-29(41)34-14-12-31(4,13-15-34)35-17-18(16-32-35)26(38)20-8-9-22-25-19(20)6-5-7-21(25)28(40)36(22)23-10-11-24(37)33-27(23)39/h5-9,16-17,23,26,38H,10-15H2,1-4H3,(H,33,37,39). The Balaban J connectivity index is 1.25. The van der Waals surface area contributed by atoms with E-state index < -0.39 is 23.7 Å². The van der Waals surface area contributed by atoms with Crippen molar-refractivity contribution in [3.8, 4) is 0 Å². The molecule has 2 fully saturated rings. The van der Waals surface area contributed by atoms with Gasteiger partial charge in [-0.25, -0.2) is 4.79 Å². The second-order valence-corrected chi connectivity index (χ2v) is 12.6. The van der Waals surface area contributed by atoms with E-state index in [2.05, 4.69) is 17.3 Å². The lowest BCUT2D eigenvalue weighted by Crippen LogP contribution is -2.53. The number of imide groups is 1. The highest BCUT2D eigenvalue weighted by Gasteiger charge is 2.41. The number of rotatable bonds is 4. The third-order valence-corrected chi connectivity index (χ3v) is 8.54. The molecule has 1 aromatic heterocycles. The third-order valence-electron chi connectivity index (χ3n) is 8.54. The Hall–Kier alpha value is -4.25. The molecule has 0 bridgehead atoms. The number of aliphatic hydroxyl groups is 1. The summed E-state index contributed by atoms with van der Waals surface area (Å²) in [7, 11) is 0. The van der Waals surface area contributed by atoms with Gasteiger partial charge in [0.2, 0.25) is 11.8 Å². The maximum absolute atomic E-state index is 13.5. The highest BCUT2D eigenvalue weighted by Crippen LogP contribution is 2.43. The molecule has 220 valence electrons. The van der Waals surface area contributed by atoms with Gasteiger partial charge in [-0.2, -0.15) is 5.10 Å². The van der Waals surface area contributed by atoms with Crippen molar-refractivity contribution in [2.24, 2.45) is 0 Å². The number of aromatic nitrogens is 2. The number of carbonyl (C=O) groups is 4. The van der Waals surface area contributed by atoms with Crippen LogP contribution in [0.5, 0.6) is 0 Å². The summed E-state index contributed by atoms with van der Waals surface area (Å²) in [6.45, 7) is 8.72. The molecule has 0 radical (unpaired) electrons. The molecule has 6 rings (SSSR count). The number of ether oxygens (including phenoxy) is 1. The maximum atomic E-state index is 13.5. The molecule has 42 heavy (non-hydrogen) atoms. The normalized spacial score (nSPS) is 21.1. The van der Waals surface area contributed by atoms with E-state index >= 15 is 0 Å². The van der Waals surface area contributed by atoms with E-state index in [1.165, 1.54) is 4.90 Å². The molecule has 11 nitrogen and oxygen atoms in total. The fourth-order valence-corrected chi connectivity index (χ4v) is 6.18. The van der Waals surface area contributed by atoms with Gasteiger partial charge in [-0.05, 0) is 70.0 Å². The smallest absolute Gasteiger partial charge is 0.410 e. The second-order valence-electron chi connectivity index (χ2n) is 12.6. The summed E-state index contributed by atoms with van der Waals surface area (Å²) >= 11 is 0. The van der Waals surface area contributed by atoms with Crippen LogP contribution in [0.1, 0.15) is 81.0 Å². The molecular weight excluding hydrogens is 538 g/mol. The minimum Gasteiger partial charge on any atom is -0.444 e. The molecule has 11 heteroatoms. The fourth-order valence-electron chi connectivity index (χ4n) is 6.18. The van der Waals surface area contributed by atoms with Gasteiger partial charge in [0.1, 0.15) is 17.7 Å². The van der Waals surface area contributed by atoms with Gasteiger partial charge >= 0.3 is 6.09 Å². The zero-order valence-corrected chi connectivity index (χ0v) is 24.2. The summed E-state index contributed by atoms with van der Waals surface area (Å²) in [5, 5.41) is 19.9. The van der Waals surface area contributed by atoms with Crippen molar-refractivity contribution in [2.45, 2.75) is 76.7 Å². The number of nitrogens with zero attached hydrogens (tertiary/aromatic N) is 4. The lowest BCUT2D eigenvalue weighted by Gasteiger charge is -2.39. The number of anilines is 1. The van der Waals surface area contributed by atoms with Gasteiger partial charge < -0.3 is 14.7 Å². The average Bonchev–Trinajstić information content (AvgIpc) is 3.54. The first-order chi connectivity index (χ1) is 19.9. The Kier molecular flexibility index (Phi) is 6.60. The van der Waals surface area contributed by atoms with Crippen molar-refractivity contribution < 1.29 is 29.0 Å². The van der Waals surface area contributed by atoms with Gasteiger partial charge in [0.05, 0.1) is 17.4 Å². The van der Waals surface area contributed by atoms with Crippen LogP contribution in [0.4, 0.5) is 10.5 Å². The summed E-state index contributed by atoms with van der Waals surface area (Å²) in [4.78, 5) is 53.5. The minimum atomic E-state index is -1.01. The van der Waals surface area contributed by atoms with E-state index in [0.717, 1.165) is 0 Å². The van der Waals surface area contributed by atoms with Crippen LogP contribution in [0.3, 0.4) is 0 Å². The van der Waals surface area contributed by atoms with Crippen molar-refractivity contribution in [1.29, 1.82) is 0 Å². The Morgan fingerprint density at radius 1 is 1.14 bits per heavy atom. The van der Waals surface area contributed by atoms with Crippen molar-refractivity contribution in [3.63, 3.8) is 0 Å². The topological polar surface area (TPSA) is 134 Å². The summed E-state index contributed by atoms with van der Waals surface area (Å²) < 4.78 is 7.39. The third kappa shape index (κ3) is 4.71. The molecule has 2 N–H and O–H groups in total. The van der Waals surface area contributed by atoms with E-state index in [0.29, 0.717) is 59.1 Å². The van der Waals surface area contributed by atoms with Gasteiger partial charge in [-0.15, -0.1) is 0 Å². The quantitative estimate of drug-likeness (QED) is 0.455. The molecule has 0 aliphatic carbocycles. The number of likely N-dealkylation sites (tertiary alicyclic amines) is 1. The largest absolute Gasteiger partial charge is 0.444 e. The second kappa shape index (κ2) is 9.94. The maximum Gasteiger partial charge on any atom is 0.410 e. The molecule has 0 saturated carbocycles. The van der Waals surface area contributed by atoms with Gasteiger partial charge in [-0.1, -0.05) is 18.2 Å². The number of hydrogen-bond acceptors (Lipinski definition) is 7. The molecule has 3 aliphatic rings. The minimum absolute atomic E-state index is 0.165. The fraction of sp³-hybridized carbons (Fsp3) is 0.452. The summed E-state index contributed by atoms with van der Waals surface area (Å²) in [5.74, 6) is -1.12. The zero-order valence-electron chi connectivity index (χ0n) is 24.2. The van der Waals surface area contributed by atoms with Crippen molar-refractivity contribution in [2.75, 3.05) is 18.0 Å². The number of aliphatic hydroxyl groups excluding tert-OH is 1. The molecule has 2 unspecified atom stereocenters. The van der Waals surface area contributed by atoms with E-state index in [1.54, 1.807) is 35.4 Å². The van der Waals surface area contributed by atoms with Crippen LogP contribution in [-0.4, -0.2) is 68.3 Å². The predicted octanol–water partition coefficient (Wildman–Crippen LogP) is 3.63. The molecule has 4 amide bonds. The molecule has 4 heterocycles. The average molecular weight is 574 g/mol. The number of piperidine rings is 2. The van der Waals surface area contributed by atoms with Gasteiger partial charge in [0.25, 0.3) is 5.91 Å². The van der Waals surface area contributed by atoms with Crippen LogP contribution in [0, 0.1) is 0 Å². The van der Waals surface area contributed by atoms with Crippen LogP contribution in [0.2, 0.25) is 0 Å². The van der Waals surface area contributed by atoms with Crippen LogP contribution < -0.4 is 10.2 Å². The van der Waals surface area contributed by atoms with Crippen molar-refractivity contribution in [3.05, 3.63) is 59.4 Å². The first-order valence-corrected chi connectivity index (χ1v) is 14.3. The van der Waals surface area contributed by atoms with E-state index in [9.17, 15) is 24.3 Å². The zero-order chi connectivity index (χ0) is 30.0. The first-order valence-electron chi connectivity index (χ1n) is 14.3. The summed E-state index contributed by atoms with van der Waals surface area (Å²) in [6, 6.07) is 8.12. The number of carbonyl (C=O) groups excluding carboxylic acids is 4. The monoisotopic (exact) mass is 573 g/mol. The summed E-state index contributed by atoms with van der Waals surface area (Å²) in [5.41, 5.74) is 1.39. The lowest BCUT2D eigenvalue weighted by atomic mass is 9.90. The van der Waals surface area contributed by atoms with Crippen LogP contribution in [0.15, 0.2) is 42.7 Å². The molecule has 2 saturated heterocycles. The first kappa shape index (κ1) is 27.9. The van der Waals surface area contributed by atoms with E-state index in [4.69, 9.17) is 4.74 Å². The molecule has 2 atom stereocenters. The van der Waals surface area contributed by atoms with E-state index in [1.807, 2.05) is 37.7 Å². The highest BCUT2D eigenvalue weighted by atomic mass is 16.6. The van der Waals surface area contributed by atoms with Gasteiger partial charge in [-0.3, -0.25) is 29.3 Å². The summed E-state index contributed by atoms with van der Waals surface area (Å²) in [6.07, 6.45) is 3.96. The number of nitrogens with one attached hydrogen (secondary N) is 1. The Morgan fingerprint density at radius 3 is 2.57 bits per heavy atom. The Morgan fingerprint density at radius 2 is 1.88 bits per heavy atom. The molecule has 0 spiro atoms. The Bertz CT molecular complexity index is 1610. The SMILES string of the molecule is CC(C)(C)OC(=O)N1CCC(C)(n2cc(C(O)c3ccc4c5c(cccc35)C(=O)N4C3CCC(=O)NC3=O)cn2)CC1. The molecule has 3 aromatic rings. The highest BCUT2D eigenvalue weighted by molar-refractivity contribution is 6.27. The molecule has 3 aliphatic heterocycles. The predicted molar refractivity (Wildman–Crippen MR) is 154 cm³/mol. The molecule has 2 aromatic carbocycles. The number of hydrogen-bond donors (Lipinski definition) is 2. The Labute approximate surface area is 243 Å². The number of amides is 4. The van der Waals surface area contributed by atoms with Crippen molar-refractivity contribution >= 4 is 40.3 Å². The van der Waals surface area contributed by atoms with Crippen LogP contribution in [-0.2, 0) is 19.9 Å². The van der Waals surface area contributed by atoms with Gasteiger partial charge in [0.15, 0.2) is 0 Å². The van der Waals surface area contributed by atoms with Crippen LogP contribution in [0.25, 0.3) is 10.8 Å².